The van der Waals surface area contributed by atoms with Crippen LogP contribution in [0.3, 0.4) is 0 Å². The highest BCUT2D eigenvalue weighted by atomic mass is 32.2. The third-order valence-electron chi connectivity index (χ3n) is 3.32. The Kier molecular flexibility index (Phi) is 6.37. The molecule has 0 bridgehead atoms. The van der Waals surface area contributed by atoms with Gasteiger partial charge in [0.2, 0.25) is 4.75 Å². The molecule has 0 rings (SSSR count). The van der Waals surface area contributed by atoms with Crippen LogP contribution < -0.4 is 0 Å². The summed E-state index contributed by atoms with van der Waals surface area (Å²) in [5.41, 5.74) is -0.0177. The van der Waals surface area contributed by atoms with E-state index in [4.69, 9.17) is 10.2 Å². The lowest BCUT2D eigenvalue weighted by atomic mass is 9.82. The molecule has 0 aliphatic rings. The Balaban J connectivity index is 5.26. The van der Waals surface area contributed by atoms with E-state index in [1.165, 1.54) is 0 Å². The summed E-state index contributed by atoms with van der Waals surface area (Å²) in [6.45, 7) is 7.82. The van der Waals surface area contributed by atoms with Crippen molar-refractivity contribution in [3.8, 4) is 0 Å². The second-order valence-corrected chi connectivity index (χ2v) is 8.49. The zero-order chi connectivity index (χ0) is 17.1. The van der Waals surface area contributed by atoms with Gasteiger partial charge in [-0.3, -0.25) is 14.1 Å². The zero-order valence-corrected chi connectivity index (χ0v) is 13.6. The second-order valence-electron chi connectivity index (χ2n) is 6.75. The Hall–Kier alpha value is -1.15. The predicted molar refractivity (Wildman–Crippen MR) is 76.6 cm³/mol. The van der Waals surface area contributed by atoms with Gasteiger partial charge in [0.25, 0.3) is 10.1 Å². The largest absolute Gasteiger partial charge is 0.481 e. The number of carboxylic acids is 2. The van der Waals surface area contributed by atoms with Gasteiger partial charge in [0.15, 0.2) is 0 Å². The summed E-state index contributed by atoms with van der Waals surface area (Å²) >= 11 is 0. The van der Waals surface area contributed by atoms with E-state index < -0.39 is 39.6 Å². The van der Waals surface area contributed by atoms with Crippen LogP contribution in [-0.4, -0.2) is 39.9 Å². The molecule has 0 aliphatic carbocycles. The molecule has 0 amide bonds. The average molecular weight is 324 g/mol. The summed E-state index contributed by atoms with van der Waals surface area (Å²) in [4.78, 5) is 22.1. The van der Waals surface area contributed by atoms with Gasteiger partial charge in [0, 0.05) is 0 Å². The Morgan fingerprint density at radius 2 is 1.62 bits per heavy atom. The van der Waals surface area contributed by atoms with E-state index in [1.54, 1.807) is 0 Å². The smallest absolute Gasteiger partial charge is 0.328 e. The topological polar surface area (TPSA) is 129 Å². The van der Waals surface area contributed by atoms with Crippen LogP contribution in [0.2, 0.25) is 0 Å². The van der Waals surface area contributed by atoms with Gasteiger partial charge in [-0.25, -0.2) is 0 Å². The van der Waals surface area contributed by atoms with E-state index in [-0.39, 0.29) is 17.8 Å². The molecule has 0 heterocycles. The standard InChI is InChI=1S/C13H24O7S/c1-9(7-12(2,3)4)5-6-13(11(16)17,8-10(14)15)21(18,19)20/h9H,5-8H2,1-4H3,(H,14,15)(H,16,17)(H,18,19,20). The number of aliphatic carboxylic acids is 2. The lowest BCUT2D eigenvalue weighted by Gasteiger charge is -2.28. The molecule has 0 aromatic carbocycles. The van der Waals surface area contributed by atoms with Crippen LogP contribution in [0.15, 0.2) is 0 Å². The van der Waals surface area contributed by atoms with Crippen LogP contribution in [0.4, 0.5) is 0 Å². The van der Waals surface area contributed by atoms with Gasteiger partial charge < -0.3 is 10.2 Å². The first-order chi connectivity index (χ1) is 9.21. The van der Waals surface area contributed by atoms with Gasteiger partial charge in [0.1, 0.15) is 0 Å². The van der Waals surface area contributed by atoms with Crippen LogP contribution in [0.1, 0.15) is 53.4 Å². The Morgan fingerprint density at radius 3 is 1.90 bits per heavy atom. The first-order valence-electron chi connectivity index (χ1n) is 6.63. The van der Waals surface area contributed by atoms with Gasteiger partial charge in [-0.15, -0.1) is 0 Å². The molecule has 124 valence electrons. The molecule has 0 radical (unpaired) electrons. The molecule has 0 aromatic rings. The van der Waals surface area contributed by atoms with E-state index >= 15 is 0 Å². The summed E-state index contributed by atoms with van der Waals surface area (Å²) in [6, 6.07) is 0. The van der Waals surface area contributed by atoms with Crippen molar-refractivity contribution in [2.24, 2.45) is 11.3 Å². The van der Waals surface area contributed by atoms with Crippen molar-refractivity contribution in [3.05, 3.63) is 0 Å². The minimum Gasteiger partial charge on any atom is -0.481 e. The number of rotatable bonds is 8. The van der Waals surface area contributed by atoms with Crippen LogP contribution in [0.5, 0.6) is 0 Å². The lowest BCUT2D eigenvalue weighted by Crippen LogP contribution is -2.48. The number of hydrogen-bond acceptors (Lipinski definition) is 4. The molecule has 2 unspecified atom stereocenters. The summed E-state index contributed by atoms with van der Waals surface area (Å²) in [5.74, 6) is -3.42. The highest BCUT2D eigenvalue weighted by molar-refractivity contribution is 7.88. The van der Waals surface area contributed by atoms with Crippen molar-refractivity contribution in [1.82, 2.24) is 0 Å². The number of carbonyl (C=O) groups is 2. The molecule has 0 saturated carbocycles. The third kappa shape index (κ3) is 6.01. The van der Waals surface area contributed by atoms with Crippen LogP contribution in [0.25, 0.3) is 0 Å². The number of hydrogen-bond donors (Lipinski definition) is 3. The fraction of sp³-hybridized carbons (Fsp3) is 0.846. The molecule has 7 nitrogen and oxygen atoms in total. The van der Waals surface area contributed by atoms with Crippen molar-refractivity contribution in [2.45, 2.75) is 58.1 Å². The van der Waals surface area contributed by atoms with E-state index in [2.05, 4.69) is 0 Å². The Labute approximate surface area is 125 Å². The van der Waals surface area contributed by atoms with E-state index in [9.17, 15) is 22.6 Å². The number of carboxylic acid groups (broad SMARTS) is 2. The summed E-state index contributed by atoms with van der Waals surface area (Å²) in [6.07, 6.45) is -0.688. The average Bonchev–Trinajstić information content (AvgIpc) is 2.18. The predicted octanol–water partition coefficient (Wildman–Crippen LogP) is 2.02. The highest BCUT2D eigenvalue weighted by Gasteiger charge is 2.52. The van der Waals surface area contributed by atoms with Gasteiger partial charge in [-0.2, -0.15) is 8.42 Å². The van der Waals surface area contributed by atoms with Crippen LogP contribution in [-0.2, 0) is 19.7 Å². The SMILES string of the molecule is CC(CCC(CC(=O)O)(C(=O)O)S(=O)(=O)O)CC(C)(C)C. The summed E-state index contributed by atoms with van der Waals surface area (Å²) in [7, 11) is -5.04. The van der Waals surface area contributed by atoms with Gasteiger partial charge in [-0.1, -0.05) is 27.7 Å². The second kappa shape index (κ2) is 6.74. The quantitative estimate of drug-likeness (QED) is 0.582. The maximum Gasteiger partial charge on any atom is 0.328 e. The molecule has 8 heteroatoms. The first-order valence-corrected chi connectivity index (χ1v) is 8.07. The van der Waals surface area contributed by atoms with Crippen molar-refractivity contribution in [1.29, 1.82) is 0 Å². The highest BCUT2D eigenvalue weighted by Crippen LogP contribution is 2.33. The third-order valence-corrected chi connectivity index (χ3v) is 4.83. The van der Waals surface area contributed by atoms with E-state index in [1.807, 2.05) is 27.7 Å². The Morgan fingerprint density at radius 1 is 1.14 bits per heavy atom. The summed E-state index contributed by atoms with van der Waals surface area (Å²) < 4.78 is 29.4. The zero-order valence-electron chi connectivity index (χ0n) is 12.8. The van der Waals surface area contributed by atoms with Crippen molar-refractivity contribution < 1.29 is 32.8 Å². The normalized spacial score (nSPS) is 17.0. The summed E-state index contributed by atoms with van der Waals surface area (Å²) in [5, 5.41) is 17.9. The molecule has 0 aromatic heterocycles. The molecule has 3 N–H and O–H groups in total. The van der Waals surface area contributed by atoms with E-state index in [0.717, 1.165) is 6.42 Å². The molecule has 21 heavy (non-hydrogen) atoms. The molecule has 2 atom stereocenters. The monoisotopic (exact) mass is 324 g/mol. The lowest BCUT2D eigenvalue weighted by molar-refractivity contribution is -0.147. The minimum absolute atomic E-state index is 0.000676. The van der Waals surface area contributed by atoms with Crippen molar-refractivity contribution in [2.75, 3.05) is 0 Å². The maximum absolute atomic E-state index is 11.4. The molecule has 0 spiro atoms. The molecule has 0 saturated heterocycles. The first kappa shape index (κ1) is 19.9. The van der Waals surface area contributed by atoms with Crippen LogP contribution in [0, 0.1) is 11.3 Å². The minimum atomic E-state index is -5.04. The van der Waals surface area contributed by atoms with Crippen molar-refractivity contribution in [3.63, 3.8) is 0 Å². The maximum atomic E-state index is 11.4. The molecule has 0 fully saturated rings. The van der Waals surface area contributed by atoms with E-state index in [0.29, 0.717) is 0 Å². The molecular weight excluding hydrogens is 300 g/mol. The fourth-order valence-electron chi connectivity index (χ4n) is 2.47. The van der Waals surface area contributed by atoms with Crippen molar-refractivity contribution >= 4 is 22.1 Å². The van der Waals surface area contributed by atoms with Gasteiger partial charge >= 0.3 is 11.9 Å². The fourth-order valence-corrected chi connectivity index (χ4v) is 3.38. The Bertz CT molecular complexity index is 489. The van der Waals surface area contributed by atoms with Crippen LogP contribution >= 0.6 is 0 Å². The molecular formula is C13H24O7S. The molecule has 0 aliphatic heterocycles. The van der Waals surface area contributed by atoms with Gasteiger partial charge in [0.05, 0.1) is 6.42 Å². The van der Waals surface area contributed by atoms with Gasteiger partial charge in [-0.05, 0) is 30.6 Å².